The van der Waals surface area contributed by atoms with E-state index in [9.17, 15) is 17.2 Å². The van der Waals surface area contributed by atoms with Crippen LogP contribution in [0.3, 0.4) is 0 Å². The molecule has 23 heavy (non-hydrogen) atoms. The van der Waals surface area contributed by atoms with E-state index >= 15 is 0 Å². The predicted octanol–water partition coefficient (Wildman–Crippen LogP) is -0.0168. The highest BCUT2D eigenvalue weighted by Crippen LogP contribution is 2.28. The average molecular weight is 409 g/mol. The summed E-state index contributed by atoms with van der Waals surface area (Å²) in [5.41, 5.74) is 0. The summed E-state index contributed by atoms with van der Waals surface area (Å²) < 4.78 is 56.4. The van der Waals surface area contributed by atoms with Crippen LogP contribution < -0.4 is 10.6 Å². The van der Waals surface area contributed by atoms with E-state index in [0.717, 1.165) is 0 Å². The van der Waals surface area contributed by atoms with Crippen molar-refractivity contribution in [1.82, 2.24) is 10.6 Å². The van der Waals surface area contributed by atoms with Gasteiger partial charge in [0.25, 0.3) is 10.1 Å². The smallest absolute Gasteiger partial charge is 0.302 e. The Morgan fingerprint density at radius 3 is 2.43 bits per heavy atom. The lowest BCUT2D eigenvalue weighted by Gasteiger charge is -2.34. The van der Waals surface area contributed by atoms with Crippen LogP contribution in [0.15, 0.2) is 9.98 Å². The van der Waals surface area contributed by atoms with Crippen LogP contribution in [0.2, 0.25) is 0 Å². The normalized spacial score (nSPS) is 31.0. The number of amidine groups is 2. The minimum atomic E-state index is -4.46. The van der Waals surface area contributed by atoms with Gasteiger partial charge in [0.2, 0.25) is 10.6 Å². The monoisotopic (exact) mass is 408 g/mol. The first-order valence-electron chi connectivity index (χ1n) is 6.39. The highest BCUT2D eigenvalue weighted by Gasteiger charge is 2.40. The van der Waals surface area contributed by atoms with Gasteiger partial charge in [-0.15, -0.1) is 0 Å². The topological polar surface area (TPSA) is 150 Å². The van der Waals surface area contributed by atoms with Crippen LogP contribution >= 0.6 is 23.2 Å². The molecule has 0 bridgehead atoms. The molecule has 0 spiro atoms. The van der Waals surface area contributed by atoms with Crippen molar-refractivity contribution in [3.8, 4) is 0 Å². The lowest BCUT2D eigenvalue weighted by atomic mass is 9.92. The summed E-state index contributed by atoms with van der Waals surface area (Å²) in [6.45, 7) is 0. The van der Waals surface area contributed by atoms with Crippen molar-refractivity contribution in [1.29, 1.82) is 0 Å². The standard InChI is InChI=1S/C9H14Cl2N4O6S2/c10-7-13-8(11)15-9(14-7)12-4-1-2-5(21-22(16)17)6(3-4)23(18,19)20/h4-6,9,12H,1-3H2,(H,16,17)(H,13,14,15)(H,18,19,20). The van der Waals surface area contributed by atoms with Gasteiger partial charge in [0.15, 0.2) is 6.29 Å². The molecule has 0 aromatic carbocycles. The van der Waals surface area contributed by atoms with Crippen molar-refractivity contribution in [2.45, 2.75) is 42.9 Å². The maximum absolute atomic E-state index is 11.5. The zero-order valence-electron chi connectivity index (χ0n) is 11.4. The summed E-state index contributed by atoms with van der Waals surface area (Å²) >= 11 is 8.82. The van der Waals surface area contributed by atoms with Gasteiger partial charge in [0.05, 0.1) is 6.10 Å². The molecule has 0 saturated heterocycles. The van der Waals surface area contributed by atoms with Crippen LogP contribution in [0.1, 0.15) is 19.3 Å². The molecule has 132 valence electrons. The average Bonchev–Trinajstić information content (AvgIpc) is 2.37. The van der Waals surface area contributed by atoms with Gasteiger partial charge in [-0.25, -0.2) is 9.98 Å². The highest BCUT2D eigenvalue weighted by molar-refractivity contribution is 7.86. The van der Waals surface area contributed by atoms with Crippen LogP contribution in [-0.4, -0.2) is 56.0 Å². The number of aliphatic imine (C=N–C) groups is 2. The third-order valence-electron chi connectivity index (χ3n) is 3.38. The maximum atomic E-state index is 11.5. The van der Waals surface area contributed by atoms with Crippen molar-refractivity contribution < 1.29 is 25.9 Å². The van der Waals surface area contributed by atoms with Crippen molar-refractivity contribution in [3.63, 3.8) is 0 Å². The number of halogens is 2. The van der Waals surface area contributed by atoms with E-state index in [1.54, 1.807) is 0 Å². The zero-order valence-corrected chi connectivity index (χ0v) is 14.6. The first-order chi connectivity index (χ1) is 10.6. The predicted molar refractivity (Wildman–Crippen MR) is 85.3 cm³/mol. The molecule has 10 nitrogen and oxygen atoms in total. The fourth-order valence-corrected chi connectivity index (χ4v) is 4.44. The summed E-state index contributed by atoms with van der Waals surface area (Å²) in [6, 6.07) is -0.390. The Morgan fingerprint density at radius 1 is 1.30 bits per heavy atom. The molecule has 2 rings (SSSR count). The van der Waals surface area contributed by atoms with Crippen LogP contribution in [0, 0.1) is 0 Å². The van der Waals surface area contributed by atoms with Gasteiger partial charge in [0.1, 0.15) is 5.25 Å². The Morgan fingerprint density at radius 2 is 1.91 bits per heavy atom. The van der Waals surface area contributed by atoms with Gasteiger partial charge in [-0.3, -0.25) is 18.6 Å². The molecule has 1 heterocycles. The van der Waals surface area contributed by atoms with E-state index < -0.39 is 45.2 Å². The van der Waals surface area contributed by atoms with Gasteiger partial charge in [0, 0.05) is 6.04 Å². The van der Waals surface area contributed by atoms with Crippen LogP contribution in [-0.2, 0) is 25.7 Å². The molecule has 1 aliphatic heterocycles. The molecule has 4 atom stereocenters. The number of nitrogens with one attached hydrogen (secondary N) is 2. The summed E-state index contributed by atoms with van der Waals surface area (Å²) in [4.78, 5) is 7.87. The molecule has 0 radical (unpaired) electrons. The van der Waals surface area contributed by atoms with Crippen LogP contribution in [0.5, 0.6) is 0 Å². The second-order valence-electron chi connectivity index (χ2n) is 4.92. The third kappa shape index (κ3) is 5.60. The van der Waals surface area contributed by atoms with Gasteiger partial charge in [-0.05, 0) is 42.5 Å². The Labute approximate surface area is 144 Å². The van der Waals surface area contributed by atoms with E-state index in [1.165, 1.54) is 0 Å². The molecule has 1 fully saturated rings. The Kier molecular flexibility index (Phi) is 6.35. The van der Waals surface area contributed by atoms with E-state index in [2.05, 4.69) is 24.8 Å². The van der Waals surface area contributed by atoms with E-state index in [-0.39, 0.29) is 23.4 Å². The van der Waals surface area contributed by atoms with E-state index in [0.29, 0.717) is 6.42 Å². The number of nitrogens with zero attached hydrogens (tertiary/aromatic N) is 2. The first kappa shape index (κ1) is 19.0. The SMILES string of the molecule is O=S(O)OC1CCC(NC2N=C(Cl)NC(Cl)=N2)CC1S(=O)(=O)O. The molecule has 4 N–H and O–H groups in total. The lowest BCUT2D eigenvalue weighted by molar-refractivity contribution is 0.140. The van der Waals surface area contributed by atoms with Gasteiger partial charge in [-0.1, -0.05) is 0 Å². The molecule has 1 saturated carbocycles. The lowest BCUT2D eigenvalue weighted by Crippen LogP contribution is -2.50. The molecular weight excluding hydrogens is 395 g/mol. The quantitative estimate of drug-likeness (QED) is 0.281. The molecule has 1 aliphatic carbocycles. The second-order valence-corrected chi connectivity index (χ2v) is 7.90. The molecule has 0 aromatic rings. The summed E-state index contributed by atoms with van der Waals surface area (Å²) in [5.74, 6) is 0. The zero-order chi connectivity index (χ0) is 17.2. The van der Waals surface area contributed by atoms with Crippen molar-refractivity contribution in [3.05, 3.63) is 0 Å². The molecule has 2 aliphatic rings. The van der Waals surface area contributed by atoms with E-state index in [1.807, 2.05) is 0 Å². The summed E-state index contributed by atoms with van der Waals surface area (Å²) in [5, 5.41) is 4.14. The second kappa shape index (κ2) is 7.70. The maximum Gasteiger partial charge on any atom is 0.302 e. The van der Waals surface area contributed by atoms with Crippen molar-refractivity contribution in [2.24, 2.45) is 9.98 Å². The number of rotatable bonds is 5. The molecule has 0 aromatic heterocycles. The highest BCUT2D eigenvalue weighted by atomic mass is 35.5. The molecule has 0 amide bonds. The first-order valence-corrected chi connectivity index (χ1v) is 9.68. The Hall–Kier alpha value is -0.340. The van der Waals surface area contributed by atoms with Gasteiger partial charge >= 0.3 is 11.4 Å². The number of hydrogen-bond acceptors (Lipinski definition) is 8. The fraction of sp³-hybridized carbons (Fsp3) is 0.778. The van der Waals surface area contributed by atoms with Gasteiger partial charge in [-0.2, -0.15) is 12.6 Å². The van der Waals surface area contributed by atoms with Crippen LogP contribution in [0.25, 0.3) is 0 Å². The molecular formula is C9H14Cl2N4O6S2. The molecule has 14 heteroatoms. The summed E-state index contributed by atoms with van der Waals surface area (Å²) in [6.07, 6.45) is -1.37. The third-order valence-corrected chi connectivity index (χ3v) is 5.44. The van der Waals surface area contributed by atoms with E-state index in [4.69, 9.17) is 27.8 Å². The minimum Gasteiger partial charge on any atom is -0.306 e. The van der Waals surface area contributed by atoms with Crippen LogP contribution in [0.4, 0.5) is 0 Å². The minimum absolute atomic E-state index is 0.0292. The van der Waals surface area contributed by atoms with Crippen molar-refractivity contribution >= 4 is 55.3 Å². The van der Waals surface area contributed by atoms with Gasteiger partial charge < -0.3 is 5.32 Å². The molecule has 4 unspecified atom stereocenters. The largest absolute Gasteiger partial charge is 0.306 e. The summed E-state index contributed by atoms with van der Waals surface area (Å²) in [7, 11) is -4.46. The Balaban J connectivity index is 2.06. The van der Waals surface area contributed by atoms with Crippen molar-refractivity contribution in [2.75, 3.05) is 0 Å². The Bertz CT molecular complexity index is 624. The fourth-order valence-electron chi connectivity index (χ4n) is 2.46. The number of hydrogen-bond donors (Lipinski definition) is 4.